The molecule has 0 saturated heterocycles. The van der Waals surface area contributed by atoms with Crippen molar-refractivity contribution in [1.29, 1.82) is 0 Å². The first-order valence-corrected chi connectivity index (χ1v) is 4.71. The van der Waals surface area contributed by atoms with Gasteiger partial charge in [0.15, 0.2) is 0 Å². The average Bonchev–Trinajstić information content (AvgIpc) is 2.42. The van der Waals surface area contributed by atoms with Crippen LogP contribution >= 0.6 is 0 Å². The van der Waals surface area contributed by atoms with Crippen molar-refractivity contribution >= 4 is 0 Å². The Morgan fingerprint density at radius 2 is 2.23 bits per heavy atom. The van der Waals surface area contributed by atoms with Crippen molar-refractivity contribution in [2.75, 3.05) is 6.54 Å². The SMILES string of the molecule is CC1CC(CN)c2cc(F)ccc21. The van der Waals surface area contributed by atoms with Crippen LogP contribution in [0.5, 0.6) is 0 Å². The molecule has 0 radical (unpaired) electrons. The van der Waals surface area contributed by atoms with Crippen molar-refractivity contribution in [1.82, 2.24) is 0 Å². The Morgan fingerprint density at radius 3 is 2.92 bits per heavy atom. The molecule has 0 aliphatic heterocycles. The molecule has 0 bridgehead atoms. The van der Waals surface area contributed by atoms with Crippen LogP contribution in [0.4, 0.5) is 4.39 Å². The minimum absolute atomic E-state index is 0.147. The second-order valence-electron chi connectivity index (χ2n) is 3.84. The molecule has 1 aromatic rings. The van der Waals surface area contributed by atoms with Crippen LogP contribution in [0, 0.1) is 5.82 Å². The Bertz CT molecular complexity index is 322. The van der Waals surface area contributed by atoms with Crippen LogP contribution < -0.4 is 5.73 Å². The van der Waals surface area contributed by atoms with Gasteiger partial charge in [0.25, 0.3) is 0 Å². The van der Waals surface area contributed by atoms with Gasteiger partial charge in [-0.05, 0) is 48.1 Å². The zero-order valence-electron chi connectivity index (χ0n) is 7.76. The van der Waals surface area contributed by atoms with E-state index in [4.69, 9.17) is 5.73 Å². The molecule has 2 N–H and O–H groups in total. The molecular formula is C11H14FN. The summed E-state index contributed by atoms with van der Waals surface area (Å²) in [5.41, 5.74) is 8.03. The summed E-state index contributed by atoms with van der Waals surface area (Å²) in [4.78, 5) is 0. The molecule has 1 aromatic carbocycles. The van der Waals surface area contributed by atoms with E-state index in [9.17, 15) is 4.39 Å². The number of fused-ring (bicyclic) bond motifs is 1. The smallest absolute Gasteiger partial charge is 0.123 e. The Hall–Kier alpha value is -0.890. The van der Waals surface area contributed by atoms with E-state index in [1.807, 2.05) is 6.07 Å². The van der Waals surface area contributed by atoms with Crippen LogP contribution in [0.2, 0.25) is 0 Å². The van der Waals surface area contributed by atoms with E-state index in [0.717, 1.165) is 12.0 Å². The highest BCUT2D eigenvalue weighted by atomic mass is 19.1. The summed E-state index contributed by atoms with van der Waals surface area (Å²) in [6, 6.07) is 5.07. The Balaban J connectivity index is 2.46. The summed E-state index contributed by atoms with van der Waals surface area (Å²) in [6.07, 6.45) is 1.06. The third-order valence-corrected chi connectivity index (χ3v) is 2.94. The summed E-state index contributed by atoms with van der Waals surface area (Å²) in [6.45, 7) is 2.80. The van der Waals surface area contributed by atoms with Gasteiger partial charge in [-0.3, -0.25) is 0 Å². The van der Waals surface area contributed by atoms with Gasteiger partial charge in [0.2, 0.25) is 0 Å². The first-order valence-electron chi connectivity index (χ1n) is 4.71. The molecule has 70 valence electrons. The molecule has 0 heterocycles. The van der Waals surface area contributed by atoms with Crippen molar-refractivity contribution in [3.05, 3.63) is 35.1 Å². The quantitative estimate of drug-likeness (QED) is 0.703. The van der Waals surface area contributed by atoms with E-state index >= 15 is 0 Å². The topological polar surface area (TPSA) is 26.0 Å². The predicted molar refractivity (Wildman–Crippen MR) is 51.2 cm³/mol. The first-order chi connectivity index (χ1) is 6.22. The molecule has 2 unspecified atom stereocenters. The summed E-state index contributed by atoms with van der Waals surface area (Å²) < 4.78 is 13.0. The van der Waals surface area contributed by atoms with Gasteiger partial charge in [-0.25, -0.2) is 4.39 Å². The van der Waals surface area contributed by atoms with Crippen molar-refractivity contribution in [3.8, 4) is 0 Å². The minimum atomic E-state index is -0.147. The molecule has 0 amide bonds. The molecule has 1 aliphatic rings. The van der Waals surface area contributed by atoms with E-state index in [1.165, 1.54) is 11.6 Å². The number of halogens is 1. The summed E-state index contributed by atoms with van der Waals surface area (Å²) in [7, 11) is 0. The van der Waals surface area contributed by atoms with Crippen LogP contribution in [0.1, 0.15) is 36.3 Å². The highest BCUT2D eigenvalue weighted by Gasteiger charge is 2.27. The molecule has 2 heteroatoms. The van der Waals surface area contributed by atoms with Gasteiger partial charge in [-0.1, -0.05) is 13.0 Å². The molecule has 2 rings (SSSR count). The number of rotatable bonds is 1. The lowest BCUT2D eigenvalue weighted by Gasteiger charge is -2.06. The maximum Gasteiger partial charge on any atom is 0.123 e. The standard InChI is InChI=1S/C11H14FN/c1-7-4-8(6-13)11-5-9(12)2-3-10(7)11/h2-3,5,7-8H,4,6,13H2,1H3. The van der Waals surface area contributed by atoms with Crippen LogP contribution in [-0.2, 0) is 0 Å². The second kappa shape index (κ2) is 3.11. The van der Waals surface area contributed by atoms with Gasteiger partial charge in [0, 0.05) is 0 Å². The summed E-state index contributed by atoms with van der Waals surface area (Å²) in [5, 5.41) is 0. The fraction of sp³-hybridized carbons (Fsp3) is 0.455. The monoisotopic (exact) mass is 179 g/mol. The second-order valence-corrected chi connectivity index (χ2v) is 3.84. The number of hydrogen-bond acceptors (Lipinski definition) is 1. The Labute approximate surface area is 77.8 Å². The maximum absolute atomic E-state index is 13.0. The predicted octanol–water partition coefficient (Wildman–Crippen LogP) is 2.38. The van der Waals surface area contributed by atoms with Gasteiger partial charge < -0.3 is 5.73 Å². The molecule has 0 aromatic heterocycles. The normalized spacial score (nSPS) is 26.1. The van der Waals surface area contributed by atoms with E-state index in [0.29, 0.717) is 18.4 Å². The largest absolute Gasteiger partial charge is 0.330 e. The molecule has 13 heavy (non-hydrogen) atoms. The van der Waals surface area contributed by atoms with Gasteiger partial charge in [0.05, 0.1) is 0 Å². The highest BCUT2D eigenvalue weighted by molar-refractivity contribution is 5.38. The van der Waals surface area contributed by atoms with E-state index in [2.05, 4.69) is 6.92 Å². The van der Waals surface area contributed by atoms with Crippen LogP contribution in [0.15, 0.2) is 18.2 Å². The van der Waals surface area contributed by atoms with Crippen molar-refractivity contribution < 1.29 is 4.39 Å². The van der Waals surface area contributed by atoms with Gasteiger partial charge in [-0.2, -0.15) is 0 Å². The zero-order chi connectivity index (χ0) is 9.42. The lowest BCUT2D eigenvalue weighted by molar-refractivity contribution is 0.613. The summed E-state index contributed by atoms with van der Waals surface area (Å²) in [5.74, 6) is 0.746. The lowest BCUT2D eigenvalue weighted by Crippen LogP contribution is -2.09. The minimum Gasteiger partial charge on any atom is -0.330 e. The van der Waals surface area contributed by atoms with Crippen molar-refractivity contribution in [2.45, 2.75) is 25.2 Å². The third kappa shape index (κ3) is 1.35. The van der Waals surface area contributed by atoms with Crippen molar-refractivity contribution in [3.63, 3.8) is 0 Å². The van der Waals surface area contributed by atoms with Crippen LogP contribution in [0.25, 0.3) is 0 Å². The summed E-state index contributed by atoms with van der Waals surface area (Å²) >= 11 is 0. The number of hydrogen-bond donors (Lipinski definition) is 1. The molecular weight excluding hydrogens is 165 g/mol. The van der Waals surface area contributed by atoms with E-state index in [1.54, 1.807) is 6.07 Å². The van der Waals surface area contributed by atoms with Crippen molar-refractivity contribution in [2.24, 2.45) is 5.73 Å². The molecule has 1 nitrogen and oxygen atoms in total. The third-order valence-electron chi connectivity index (χ3n) is 2.94. The lowest BCUT2D eigenvalue weighted by atomic mass is 10.0. The fourth-order valence-electron chi connectivity index (χ4n) is 2.25. The van der Waals surface area contributed by atoms with Crippen LogP contribution in [-0.4, -0.2) is 6.54 Å². The highest BCUT2D eigenvalue weighted by Crippen LogP contribution is 2.40. The maximum atomic E-state index is 13.0. The Morgan fingerprint density at radius 1 is 1.46 bits per heavy atom. The van der Waals surface area contributed by atoms with E-state index < -0.39 is 0 Å². The molecule has 0 saturated carbocycles. The van der Waals surface area contributed by atoms with Gasteiger partial charge in [-0.15, -0.1) is 0 Å². The molecule has 1 aliphatic carbocycles. The Kier molecular flexibility index (Phi) is 2.08. The average molecular weight is 179 g/mol. The fourth-order valence-corrected chi connectivity index (χ4v) is 2.25. The molecule has 0 fully saturated rings. The number of nitrogens with two attached hydrogens (primary N) is 1. The molecule has 2 atom stereocenters. The van der Waals surface area contributed by atoms with Crippen LogP contribution in [0.3, 0.4) is 0 Å². The molecule has 0 spiro atoms. The van der Waals surface area contributed by atoms with Gasteiger partial charge >= 0.3 is 0 Å². The first kappa shape index (κ1) is 8.70. The van der Waals surface area contributed by atoms with E-state index in [-0.39, 0.29) is 5.82 Å². The van der Waals surface area contributed by atoms with Gasteiger partial charge in [0.1, 0.15) is 5.82 Å². The number of benzene rings is 1. The zero-order valence-corrected chi connectivity index (χ0v) is 7.76.